The van der Waals surface area contributed by atoms with Gasteiger partial charge in [-0.05, 0) is 49.9 Å². The van der Waals surface area contributed by atoms with Gasteiger partial charge >= 0.3 is 0 Å². The first kappa shape index (κ1) is 23.1. The molecule has 0 radical (unpaired) electrons. The van der Waals surface area contributed by atoms with Gasteiger partial charge in [-0.15, -0.1) is 0 Å². The highest BCUT2D eigenvalue weighted by Gasteiger charge is 2.27. The van der Waals surface area contributed by atoms with Crippen LogP contribution >= 0.6 is 0 Å². The summed E-state index contributed by atoms with van der Waals surface area (Å²) in [6, 6.07) is 16.7. The van der Waals surface area contributed by atoms with Crippen molar-refractivity contribution in [3.63, 3.8) is 0 Å². The summed E-state index contributed by atoms with van der Waals surface area (Å²) in [5, 5.41) is 3.14. The maximum Gasteiger partial charge on any atom is 0.272 e. The average Bonchev–Trinajstić information content (AvgIpc) is 3.04. The zero-order valence-electron chi connectivity index (χ0n) is 20.4. The molecule has 2 aromatic carbocycles. The van der Waals surface area contributed by atoms with Crippen LogP contribution in [0, 0.1) is 20.8 Å². The summed E-state index contributed by atoms with van der Waals surface area (Å²) in [6.45, 7) is 14.4. The molecule has 0 saturated carbocycles. The Hall–Kier alpha value is -3.05. The molecule has 0 unspecified atom stereocenters. The second-order valence-corrected chi connectivity index (χ2v) is 9.31. The molecule has 0 atom stereocenters. The zero-order chi connectivity index (χ0) is 23.5. The molecule has 4 rings (SSSR count). The Balaban J connectivity index is 1.71. The molecule has 1 saturated heterocycles. The van der Waals surface area contributed by atoms with Crippen LogP contribution in [0.15, 0.2) is 48.5 Å². The van der Waals surface area contributed by atoms with Crippen molar-refractivity contribution in [3.8, 4) is 0 Å². The third-order valence-corrected chi connectivity index (χ3v) is 6.53. The molecule has 1 aliphatic heterocycles. The number of ether oxygens (including phenoxy) is 1. The van der Waals surface area contributed by atoms with Crippen LogP contribution in [0.2, 0.25) is 0 Å². The van der Waals surface area contributed by atoms with E-state index in [4.69, 9.17) is 4.74 Å². The number of hydrogen-bond acceptors (Lipinski definition) is 3. The highest BCUT2D eigenvalue weighted by Crippen LogP contribution is 2.33. The predicted octanol–water partition coefficient (Wildman–Crippen LogP) is 5.67. The molecule has 3 aromatic rings. The van der Waals surface area contributed by atoms with Gasteiger partial charge in [0.05, 0.1) is 18.9 Å². The number of hydrogen-bond donors (Lipinski definition) is 1. The highest BCUT2D eigenvalue weighted by molar-refractivity contribution is 6.05. The second-order valence-electron chi connectivity index (χ2n) is 9.31. The molecule has 5 nitrogen and oxygen atoms in total. The minimum absolute atomic E-state index is 0.0694. The zero-order valence-corrected chi connectivity index (χ0v) is 20.4. The van der Waals surface area contributed by atoms with Gasteiger partial charge in [0.25, 0.3) is 5.91 Å². The van der Waals surface area contributed by atoms with Gasteiger partial charge in [0.1, 0.15) is 5.69 Å². The van der Waals surface area contributed by atoms with Gasteiger partial charge in [-0.1, -0.05) is 55.8 Å². The van der Waals surface area contributed by atoms with E-state index < -0.39 is 0 Å². The molecular formula is C28H35N3O2. The Morgan fingerprint density at radius 1 is 1.03 bits per heavy atom. The number of nitrogens with zero attached hydrogens (tertiary/aromatic N) is 2. The fourth-order valence-electron chi connectivity index (χ4n) is 4.76. The quantitative estimate of drug-likeness (QED) is 0.531. The average molecular weight is 446 g/mol. The lowest BCUT2D eigenvalue weighted by Gasteiger charge is -2.29. The van der Waals surface area contributed by atoms with Crippen molar-refractivity contribution in [1.29, 1.82) is 0 Å². The van der Waals surface area contributed by atoms with Gasteiger partial charge in [0.15, 0.2) is 0 Å². The van der Waals surface area contributed by atoms with Crippen molar-refractivity contribution >= 4 is 17.3 Å². The van der Waals surface area contributed by atoms with Crippen LogP contribution in [0.5, 0.6) is 0 Å². The van der Waals surface area contributed by atoms with Crippen LogP contribution in [0.1, 0.15) is 58.2 Å². The van der Waals surface area contributed by atoms with Crippen LogP contribution in [-0.2, 0) is 11.3 Å². The normalized spacial score (nSPS) is 14.1. The number of rotatable bonds is 6. The molecular weight excluding hydrogens is 410 g/mol. The third-order valence-electron chi connectivity index (χ3n) is 6.53. The van der Waals surface area contributed by atoms with Crippen molar-refractivity contribution in [2.45, 2.75) is 47.1 Å². The van der Waals surface area contributed by atoms with Crippen molar-refractivity contribution in [1.82, 2.24) is 4.57 Å². The highest BCUT2D eigenvalue weighted by atomic mass is 16.5. The van der Waals surface area contributed by atoms with Crippen LogP contribution in [-0.4, -0.2) is 36.8 Å². The molecule has 0 spiro atoms. The van der Waals surface area contributed by atoms with E-state index in [9.17, 15) is 4.79 Å². The summed E-state index contributed by atoms with van der Waals surface area (Å²) in [7, 11) is 0. The number of morpholine rings is 1. The summed E-state index contributed by atoms with van der Waals surface area (Å²) in [5.41, 5.74) is 8.52. The number of carbonyl (C=O) groups excluding carboxylic acids is 1. The van der Waals surface area contributed by atoms with E-state index in [1.807, 2.05) is 12.1 Å². The molecule has 2 heterocycles. The molecule has 1 aliphatic rings. The molecule has 1 fully saturated rings. The molecule has 0 aliphatic carbocycles. The minimum Gasteiger partial charge on any atom is -0.378 e. The standard InChI is InChI=1S/C28H35N3O2/c1-19(2)24-9-11-25(12-10-24)29-28(32)27-21(4)26(30-13-15-33-16-14-30)22(5)31(27)18-23-8-6-7-20(3)17-23/h6-12,17,19H,13-16,18H2,1-5H3,(H,29,32). The van der Waals surface area contributed by atoms with Crippen molar-refractivity contribution in [3.05, 3.63) is 82.2 Å². The topological polar surface area (TPSA) is 46.5 Å². The van der Waals surface area contributed by atoms with Crippen LogP contribution in [0.4, 0.5) is 11.4 Å². The molecule has 33 heavy (non-hydrogen) atoms. The SMILES string of the molecule is Cc1cccc(Cn2c(C)c(N3CCOCC3)c(C)c2C(=O)Nc2ccc(C(C)C)cc2)c1. The maximum atomic E-state index is 13.6. The molecule has 1 N–H and O–H groups in total. The largest absolute Gasteiger partial charge is 0.378 e. The lowest BCUT2D eigenvalue weighted by molar-refractivity contribution is 0.101. The van der Waals surface area contributed by atoms with Crippen molar-refractivity contribution < 1.29 is 9.53 Å². The summed E-state index contributed by atoms with van der Waals surface area (Å²) in [6.07, 6.45) is 0. The summed E-state index contributed by atoms with van der Waals surface area (Å²) in [4.78, 5) is 16.0. The van der Waals surface area contributed by atoms with Gasteiger partial charge in [-0.2, -0.15) is 0 Å². The summed E-state index contributed by atoms with van der Waals surface area (Å²) in [5.74, 6) is 0.391. The van der Waals surface area contributed by atoms with E-state index in [0.717, 1.165) is 41.4 Å². The molecule has 0 bridgehead atoms. The van der Waals surface area contributed by atoms with Gasteiger partial charge in [0.2, 0.25) is 0 Å². The van der Waals surface area contributed by atoms with E-state index >= 15 is 0 Å². The van der Waals surface area contributed by atoms with E-state index in [1.54, 1.807) is 0 Å². The predicted molar refractivity (Wildman–Crippen MR) is 136 cm³/mol. The Morgan fingerprint density at radius 3 is 2.36 bits per heavy atom. The first-order valence-electron chi connectivity index (χ1n) is 11.8. The molecule has 1 aromatic heterocycles. The number of anilines is 2. The van der Waals surface area contributed by atoms with E-state index in [0.29, 0.717) is 25.7 Å². The number of nitrogens with one attached hydrogen (secondary N) is 1. The van der Waals surface area contributed by atoms with Crippen LogP contribution in [0.25, 0.3) is 0 Å². The van der Waals surface area contributed by atoms with Gasteiger partial charge in [-0.25, -0.2) is 0 Å². The maximum absolute atomic E-state index is 13.6. The first-order valence-corrected chi connectivity index (χ1v) is 11.8. The van der Waals surface area contributed by atoms with Gasteiger partial charge < -0.3 is 19.5 Å². The monoisotopic (exact) mass is 445 g/mol. The Labute approximate surface area is 197 Å². The van der Waals surface area contributed by atoms with E-state index in [2.05, 4.69) is 85.8 Å². The second kappa shape index (κ2) is 9.84. The van der Waals surface area contributed by atoms with E-state index in [-0.39, 0.29) is 5.91 Å². The molecule has 174 valence electrons. The third kappa shape index (κ3) is 4.98. The fourth-order valence-corrected chi connectivity index (χ4v) is 4.76. The van der Waals surface area contributed by atoms with Gasteiger partial charge in [0, 0.05) is 36.6 Å². The summed E-state index contributed by atoms with van der Waals surface area (Å²) >= 11 is 0. The summed E-state index contributed by atoms with van der Waals surface area (Å²) < 4.78 is 7.75. The van der Waals surface area contributed by atoms with Crippen LogP contribution < -0.4 is 10.2 Å². The Kier molecular flexibility index (Phi) is 6.89. The van der Waals surface area contributed by atoms with Gasteiger partial charge in [-0.3, -0.25) is 4.79 Å². The molecule has 1 amide bonds. The molecule has 5 heteroatoms. The number of carbonyl (C=O) groups is 1. The number of aromatic nitrogens is 1. The number of amides is 1. The van der Waals surface area contributed by atoms with E-state index in [1.165, 1.54) is 16.7 Å². The number of benzene rings is 2. The van der Waals surface area contributed by atoms with Crippen LogP contribution in [0.3, 0.4) is 0 Å². The fraction of sp³-hybridized carbons (Fsp3) is 0.393. The lowest BCUT2D eigenvalue weighted by Crippen LogP contribution is -2.36. The minimum atomic E-state index is -0.0694. The van der Waals surface area contributed by atoms with Crippen molar-refractivity contribution in [2.24, 2.45) is 0 Å². The first-order chi connectivity index (χ1) is 15.8. The van der Waals surface area contributed by atoms with Crippen molar-refractivity contribution in [2.75, 3.05) is 36.5 Å². The number of aryl methyl sites for hydroxylation is 1. The smallest absolute Gasteiger partial charge is 0.272 e. The Bertz CT molecular complexity index is 1120. The Morgan fingerprint density at radius 2 is 1.73 bits per heavy atom. The lowest BCUT2D eigenvalue weighted by atomic mass is 10.0.